The second-order valence-electron chi connectivity index (χ2n) is 5.07. The Hall–Kier alpha value is -0.410. The highest BCUT2D eigenvalue weighted by atomic mass is 79.9. The van der Waals surface area contributed by atoms with E-state index in [0.717, 1.165) is 29.3 Å². The molecule has 0 aromatic heterocycles. The van der Waals surface area contributed by atoms with E-state index in [1.54, 1.807) is 0 Å². The zero-order valence-electron chi connectivity index (χ0n) is 11.3. The Morgan fingerprint density at radius 3 is 2.56 bits per heavy atom. The third kappa shape index (κ3) is 4.06. The van der Waals surface area contributed by atoms with Gasteiger partial charge in [0.25, 0.3) is 0 Å². The van der Waals surface area contributed by atoms with E-state index in [0.29, 0.717) is 6.54 Å². The molecule has 1 aromatic rings. The molecule has 1 atom stereocenters. The number of hydrogen-bond acceptors (Lipinski definition) is 1. The van der Waals surface area contributed by atoms with Gasteiger partial charge in [-0.25, -0.2) is 4.39 Å². The van der Waals surface area contributed by atoms with Crippen LogP contribution in [0, 0.1) is 11.2 Å². The summed E-state index contributed by atoms with van der Waals surface area (Å²) in [6.07, 6.45) is 5.50. The standard InChI is InChI=1S/C15H23BrFN/c1-3-5-8-15(4-2,11-18)10-12-6-7-13(17)9-14(12)16/h6-7,9H,3-5,8,10-11,18H2,1-2H3. The van der Waals surface area contributed by atoms with Gasteiger partial charge in [0.1, 0.15) is 5.82 Å². The van der Waals surface area contributed by atoms with Gasteiger partial charge in [-0.15, -0.1) is 0 Å². The summed E-state index contributed by atoms with van der Waals surface area (Å²) < 4.78 is 13.9. The molecule has 1 rings (SSSR count). The van der Waals surface area contributed by atoms with Crippen molar-refractivity contribution in [3.05, 3.63) is 34.1 Å². The summed E-state index contributed by atoms with van der Waals surface area (Å²) in [6, 6.07) is 4.92. The highest BCUT2D eigenvalue weighted by Crippen LogP contribution is 2.34. The molecule has 1 aromatic carbocycles. The molecule has 0 saturated carbocycles. The van der Waals surface area contributed by atoms with Gasteiger partial charge in [0.15, 0.2) is 0 Å². The van der Waals surface area contributed by atoms with Crippen molar-refractivity contribution >= 4 is 15.9 Å². The fourth-order valence-electron chi connectivity index (χ4n) is 2.33. The molecule has 0 amide bonds. The Balaban J connectivity index is 2.88. The van der Waals surface area contributed by atoms with Crippen LogP contribution in [0.5, 0.6) is 0 Å². The van der Waals surface area contributed by atoms with E-state index in [4.69, 9.17) is 5.73 Å². The van der Waals surface area contributed by atoms with Crippen LogP contribution in [0.3, 0.4) is 0 Å². The SMILES string of the molecule is CCCCC(CC)(CN)Cc1ccc(F)cc1Br. The van der Waals surface area contributed by atoms with Crippen molar-refractivity contribution in [2.24, 2.45) is 11.1 Å². The summed E-state index contributed by atoms with van der Waals surface area (Å²) in [5.41, 5.74) is 7.30. The van der Waals surface area contributed by atoms with Crippen molar-refractivity contribution in [2.45, 2.75) is 46.0 Å². The van der Waals surface area contributed by atoms with Crippen molar-refractivity contribution in [1.82, 2.24) is 0 Å². The maximum absolute atomic E-state index is 13.1. The van der Waals surface area contributed by atoms with Gasteiger partial charge in [-0.3, -0.25) is 0 Å². The van der Waals surface area contributed by atoms with Crippen LogP contribution in [0.2, 0.25) is 0 Å². The van der Waals surface area contributed by atoms with Gasteiger partial charge in [-0.2, -0.15) is 0 Å². The number of rotatable bonds is 7. The summed E-state index contributed by atoms with van der Waals surface area (Å²) in [4.78, 5) is 0. The van der Waals surface area contributed by atoms with Crippen molar-refractivity contribution in [3.8, 4) is 0 Å². The van der Waals surface area contributed by atoms with E-state index >= 15 is 0 Å². The molecule has 1 unspecified atom stereocenters. The number of halogens is 2. The first kappa shape index (κ1) is 15.6. The Morgan fingerprint density at radius 2 is 2.06 bits per heavy atom. The van der Waals surface area contributed by atoms with Crippen LogP contribution in [0.1, 0.15) is 45.1 Å². The molecule has 0 aliphatic rings. The Kier molecular flexibility index (Phi) is 6.30. The third-order valence-corrected chi connectivity index (χ3v) is 4.56. The number of benzene rings is 1. The Bertz CT molecular complexity index is 375. The summed E-state index contributed by atoms with van der Waals surface area (Å²) in [5.74, 6) is -0.200. The molecule has 0 fully saturated rings. The van der Waals surface area contributed by atoms with E-state index < -0.39 is 0 Å². The zero-order chi connectivity index (χ0) is 13.6. The van der Waals surface area contributed by atoms with Gasteiger partial charge in [0, 0.05) is 4.47 Å². The van der Waals surface area contributed by atoms with Gasteiger partial charge in [-0.1, -0.05) is 48.7 Å². The molecule has 102 valence electrons. The molecule has 1 nitrogen and oxygen atoms in total. The molecule has 0 heterocycles. The minimum absolute atomic E-state index is 0.149. The predicted molar refractivity (Wildman–Crippen MR) is 79.1 cm³/mol. The molecule has 0 spiro atoms. The quantitative estimate of drug-likeness (QED) is 0.777. The van der Waals surface area contributed by atoms with Crippen molar-refractivity contribution in [3.63, 3.8) is 0 Å². The van der Waals surface area contributed by atoms with Gasteiger partial charge < -0.3 is 5.73 Å². The van der Waals surface area contributed by atoms with E-state index in [1.165, 1.54) is 25.0 Å². The fraction of sp³-hybridized carbons (Fsp3) is 0.600. The lowest BCUT2D eigenvalue weighted by molar-refractivity contribution is 0.250. The normalized spacial score (nSPS) is 14.5. The fourth-order valence-corrected chi connectivity index (χ4v) is 2.82. The number of hydrogen-bond donors (Lipinski definition) is 1. The maximum Gasteiger partial charge on any atom is 0.124 e. The van der Waals surface area contributed by atoms with Gasteiger partial charge in [-0.05, 0) is 48.9 Å². The molecule has 0 saturated heterocycles. The van der Waals surface area contributed by atoms with Crippen LogP contribution in [-0.2, 0) is 6.42 Å². The van der Waals surface area contributed by atoms with Gasteiger partial charge in [0.2, 0.25) is 0 Å². The Labute approximate surface area is 118 Å². The monoisotopic (exact) mass is 315 g/mol. The molecule has 0 radical (unpaired) electrons. The zero-order valence-corrected chi connectivity index (χ0v) is 12.9. The van der Waals surface area contributed by atoms with Crippen molar-refractivity contribution in [2.75, 3.05) is 6.54 Å². The smallest absolute Gasteiger partial charge is 0.124 e. The topological polar surface area (TPSA) is 26.0 Å². The van der Waals surface area contributed by atoms with Crippen molar-refractivity contribution in [1.29, 1.82) is 0 Å². The van der Waals surface area contributed by atoms with Crippen molar-refractivity contribution < 1.29 is 4.39 Å². The largest absolute Gasteiger partial charge is 0.330 e. The molecule has 3 heteroatoms. The van der Waals surface area contributed by atoms with Gasteiger partial charge in [0.05, 0.1) is 0 Å². The van der Waals surface area contributed by atoms with Crippen LogP contribution >= 0.6 is 15.9 Å². The third-order valence-electron chi connectivity index (χ3n) is 3.82. The van der Waals surface area contributed by atoms with Crippen LogP contribution in [0.4, 0.5) is 4.39 Å². The van der Waals surface area contributed by atoms with Crippen LogP contribution < -0.4 is 5.73 Å². The van der Waals surface area contributed by atoms with E-state index in [9.17, 15) is 4.39 Å². The van der Waals surface area contributed by atoms with Gasteiger partial charge >= 0.3 is 0 Å². The molecule has 18 heavy (non-hydrogen) atoms. The summed E-state index contributed by atoms with van der Waals surface area (Å²) in [6.45, 7) is 5.08. The molecular formula is C15H23BrFN. The molecular weight excluding hydrogens is 293 g/mol. The lowest BCUT2D eigenvalue weighted by Crippen LogP contribution is -2.32. The number of unbranched alkanes of at least 4 members (excludes halogenated alkanes) is 1. The lowest BCUT2D eigenvalue weighted by atomic mass is 9.75. The molecule has 0 aliphatic carbocycles. The number of nitrogens with two attached hydrogens (primary N) is 1. The first-order valence-corrected chi connectivity index (χ1v) is 7.50. The Morgan fingerprint density at radius 1 is 1.33 bits per heavy atom. The summed E-state index contributed by atoms with van der Waals surface area (Å²) in [7, 11) is 0. The average Bonchev–Trinajstić information content (AvgIpc) is 2.37. The average molecular weight is 316 g/mol. The van der Waals surface area contributed by atoms with Crippen LogP contribution in [0.15, 0.2) is 22.7 Å². The molecule has 0 bridgehead atoms. The predicted octanol–water partition coefficient (Wildman–Crippen LogP) is 4.68. The maximum atomic E-state index is 13.1. The van der Waals surface area contributed by atoms with E-state index in [1.807, 2.05) is 6.07 Å². The summed E-state index contributed by atoms with van der Waals surface area (Å²) >= 11 is 3.45. The first-order chi connectivity index (χ1) is 8.56. The second kappa shape index (κ2) is 7.25. The highest BCUT2D eigenvalue weighted by molar-refractivity contribution is 9.10. The van der Waals surface area contributed by atoms with Crippen LogP contribution in [-0.4, -0.2) is 6.54 Å². The first-order valence-electron chi connectivity index (χ1n) is 6.71. The highest BCUT2D eigenvalue weighted by Gasteiger charge is 2.27. The van der Waals surface area contributed by atoms with E-state index in [2.05, 4.69) is 29.8 Å². The molecule has 0 aliphatic heterocycles. The minimum atomic E-state index is -0.200. The lowest BCUT2D eigenvalue weighted by Gasteiger charge is -2.32. The summed E-state index contributed by atoms with van der Waals surface area (Å²) in [5, 5.41) is 0. The molecule has 2 N–H and O–H groups in total. The minimum Gasteiger partial charge on any atom is -0.330 e. The van der Waals surface area contributed by atoms with E-state index in [-0.39, 0.29) is 11.2 Å². The second-order valence-corrected chi connectivity index (χ2v) is 5.93. The van der Waals surface area contributed by atoms with Crippen LogP contribution in [0.25, 0.3) is 0 Å².